The lowest BCUT2D eigenvalue weighted by Gasteiger charge is -2.20. The van der Waals surface area contributed by atoms with E-state index in [-0.39, 0.29) is 12.3 Å². The van der Waals surface area contributed by atoms with Crippen molar-refractivity contribution < 1.29 is 19.2 Å². The molecule has 1 fully saturated rings. The van der Waals surface area contributed by atoms with Crippen LogP contribution in [0.15, 0.2) is 10.6 Å². The predicted molar refractivity (Wildman–Crippen MR) is 57.3 cm³/mol. The third kappa shape index (κ3) is 2.46. The standard InChI is InChI=1S/C11H14N2O4/c1-7-5-8(12-17-7)6-10(14)13-4-2-3-9(13)11(15)16/h5,9H,2-4,6H2,1H3,(H,15,16)/t9-/m0/s1. The summed E-state index contributed by atoms with van der Waals surface area (Å²) in [7, 11) is 0. The molecule has 1 atom stereocenters. The van der Waals surface area contributed by atoms with Crippen LogP contribution in [0.3, 0.4) is 0 Å². The number of carbonyl (C=O) groups is 2. The summed E-state index contributed by atoms with van der Waals surface area (Å²) in [6.45, 7) is 2.25. The number of amides is 1. The van der Waals surface area contributed by atoms with E-state index in [1.165, 1.54) is 4.90 Å². The van der Waals surface area contributed by atoms with Crippen LogP contribution < -0.4 is 0 Å². The van der Waals surface area contributed by atoms with Gasteiger partial charge in [-0.1, -0.05) is 5.16 Å². The normalized spacial score (nSPS) is 19.6. The lowest BCUT2D eigenvalue weighted by atomic mass is 10.2. The van der Waals surface area contributed by atoms with Crippen molar-refractivity contribution >= 4 is 11.9 Å². The highest BCUT2D eigenvalue weighted by molar-refractivity contribution is 5.85. The van der Waals surface area contributed by atoms with E-state index in [4.69, 9.17) is 9.63 Å². The van der Waals surface area contributed by atoms with E-state index < -0.39 is 12.0 Å². The summed E-state index contributed by atoms with van der Waals surface area (Å²) < 4.78 is 4.87. The summed E-state index contributed by atoms with van der Waals surface area (Å²) in [6.07, 6.45) is 1.36. The zero-order valence-electron chi connectivity index (χ0n) is 9.55. The van der Waals surface area contributed by atoms with Gasteiger partial charge in [0.2, 0.25) is 5.91 Å². The number of aromatic nitrogens is 1. The molecule has 1 aromatic heterocycles. The molecule has 1 aromatic rings. The van der Waals surface area contributed by atoms with E-state index in [2.05, 4.69) is 5.16 Å². The molecule has 0 bridgehead atoms. The molecule has 1 aliphatic heterocycles. The van der Waals surface area contributed by atoms with E-state index in [0.29, 0.717) is 24.4 Å². The van der Waals surface area contributed by atoms with Gasteiger partial charge in [-0.3, -0.25) is 4.79 Å². The molecule has 0 unspecified atom stereocenters. The van der Waals surface area contributed by atoms with E-state index in [1.54, 1.807) is 13.0 Å². The van der Waals surface area contributed by atoms with Gasteiger partial charge >= 0.3 is 5.97 Å². The number of carboxylic acids is 1. The SMILES string of the molecule is Cc1cc(CC(=O)N2CCC[C@H]2C(=O)O)no1. The molecule has 6 nitrogen and oxygen atoms in total. The minimum atomic E-state index is -0.938. The van der Waals surface area contributed by atoms with Gasteiger partial charge in [-0.15, -0.1) is 0 Å². The second-order valence-electron chi connectivity index (χ2n) is 4.19. The molecule has 1 aliphatic rings. The van der Waals surface area contributed by atoms with Crippen molar-refractivity contribution in [2.75, 3.05) is 6.54 Å². The fraction of sp³-hybridized carbons (Fsp3) is 0.545. The molecule has 0 radical (unpaired) electrons. The van der Waals surface area contributed by atoms with E-state index in [9.17, 15) is 9.59 Å². The quantitative estimate of drug-likeness (QED) is 0.833. The van der Waals surface area contributed by atoms with Gasteiger partial charge < -0.3 is 14.5 Å². The molecule has 6 heteroatoms. The lowest BCUT2D eigenvalue weighted by molar-refractivity contribution is -0.148. The number of aliphatic carboxylic acids is 1. The number of hydrogen-bond donors (Lipinski definition) is 1. The van der Waals surface area contributed by atoms with Crippen LogP contribution in [0, 0.1) is 6.92 Å². The smallest absolute Gasteiger partial charge is 0.326 e. The lowest BCUT2D eigenvalue weighted by Crippen LogP contribution is -2.41. The minimum Gasteiger partial charge on any atom is -0.480 e. The van der Waals surface area contributed by atoms with Crippen molar-refractivity contribution in [3.8, 4) is 0 Å². The van der Waals surface area contributed by atoms with E-state index in [1.807, 2.05) is 0 Å². The molecular formula is C11H14N2O4. The topological polar surface area (TPSA) is 83.6 Å². The Morgan fingerprint density at radius 2 is 2.41 bits per heavy atom. The fourth-order valence-corrected chi connectivity index (χ4v) is 2.08. The molecule has 17 heavy (non-hydrogen) atoms. The molecule has 2 heterocycles. The van der Waals surface area contributed by atoms with Gasteiger partial charge in [-0.05, 0) is 19.8 Å². The first-order valence-electron chi connectivity index (χ1n) is 5.52. The maximum absolute atomic E-state index is 11.9. The van der Waals surface area contributed by atoms with E-state index in [0.717, 1.165) is 6.42 Å². The third-order valence-corrected chi connectivity index (χ3v) is 2.87. The van der Waals surface area contributed by atoms with Crippen LogP contribution in [0.5, 0.6) is 0 Å². The summed E-state index contributed by atoms with van der Waals surface area (Å²) in [5.74, 6) is -0.501. The number of carboxylic acid groups (broad SMARTS) is 1. The van der Waals surface area contributed by atoms with E-state index >= 15 is 0 Å². The maximum Gasteiger partial charge on any atom is 0.326 e. The Hall–Kier alpha value is -1.85. The zero-order valence-corrected chi connectivity index (χ0v) is 9.55. The Labute approximate surface area is 98.2 Å². The van der Waals surface area contributed by atoms with Crippen molar-refractivity contribution in [2.45, 2.75) is 32.2 Å². The second kappa shape index (κ2) is 4.57. The molecule has 1 N–H and O–H groups in total. The van der Waals surface area contributed by atoms with Crippen LogP contribution in [-0.2, 0) is 16.0 Å². The number of hydrogen-bond acceptors (Lipinski definition) is 4. The molecule has 0 saturated carbocycles. The Morgan fingerprint density at radius 1 is 1.65 bits per heavy atom. The minimum absolute atomic E-state index is 0.0983. The Morgan fingerprint density at radius 3 is 3.00 bits per heavy atom. The van der Waals surface area contributed by atoms with Gasteiger partial charge in [0.15, 0.2) is 0 Å². The molecular weight excluding hydrogens is 224 g/mol. The Balaban J connectivity index is 2.02. The Bertz CT molecular complexity index is 440. The molecule has 0 aliphatic carbocycles. The number of nitrogens with zero attached hydrogens (tertiary/aromatic N) is 2. The van der Waals surface area contributed by atoms with Gasteiger partial charge in [-0.25, -0.2) is 4.79 Å². The number of rotatable bonds is 3. The van der Waals surface area contributed by atoms with Gasteiger partial charge in [0, 0.05) is 12.6 Å². The summed E-state index contributed by atoms with van der Waals surface area (Å²) in [4.78, 5) is 24.3. The maximum atomic E-state index is 11.9. The van der Waals surface area contributed by atoms with Gasteiger partial charge in [0.25, 0.3) is 0 Å². The molecule has 0 spiro atoms. The highest BCUT2D eigenvalue weighted by Crippen LogP contribution is 2.18. The number of aryl methyl sites for hydroxylation is 1. The van der Waals surface area contributed by atoms with Crippen LogP contribution in [-0.4, -0.2) is 39.6 Å². The fourth-order valence-electron chi connectivity index (χ4n) is 2.08. The summed E-state index contributed by atoms with van der Waals surface area (Å²) in [5.41, 5.74) is 0.545. The van der Waals surface area contributed by atoms with Crippen molar-refractivity contribution in [2.24, 2.45) is 0 Å². The Kier molecular flexibility index (Phi) is 3.12. The molecule has 2 rings (SSSR count). The van der Waals surface area contributed by atoms with Crippen LogP contribution in [0.25, 0.3) is 0 Å². The van der Waals surface area contributed by atoms with Crippen LogP contribution in [0.2, 0.25) is 0 Å². The molecule has 1 saturated heterocycles. The van der Waals surface area contributed by atoms with Crippen molar-refractivity contribution in [1.82, 2.24) is 10.1 Å². The molecule has 0 aromatic carbocycles. The van der Waals surface area contributed by atoms with Gasteiger partial charge in [0.1, 0.15) is 11.8 Å². The average Bonchev–Trinajstić information content (AvgIpc) is 2.86. The number of carbonyl (C=O) groups excluding carboxylic acids is 1. The predicted octanol–water partition coefficient (Wildman–Crippen LogP) is 0.601. The third-order valence-electron chi connectivity index (χ3n) is 2.87. The summed E-state index contributed by atoms with van der Waals surface area (Å²) >= 11 is 0. The monoisotopic (exact) mass is 238 g/mol. The van der Waals surface area contributed by atoms with Crippen molar-refractivity contribution in [3.05, 3.63) is 17.5 Å². The summed E-state index contributed by atoms with van der Waals surface area (Å²) in [6, 6.07) is 1.000. The second-order valence-corrected chi connectivity index (χ2v) is 4.19. The van der Waals surface area contributed by atoms with Crippen LogP contribution in [0.4, 0.5) is 0 Å². The first kappa shape index (κ1) is 11.6. The zero-order chi connectivity index (χ0) is 12.4. The average molecular weight is 238 g/mol. The van der Waals surface area contributed by atoms with Crippen molar-refractivity contribution in [3.63, 3.8) is 0 Å². The van der Waals surface area contributed by atoms with Crippen LogP contribution in [0.1, 0.15) is 24.3 Å². The number of likely N-dealkylation sites (tertiary alicyclic amines) is 1. The largest absolute Gasteiger partial charge is 0.480 e. The van der Waals surface area contributed by atoms with Gasteiger partial charge in [-0.2, -0.15) is 0 Å². The van der Waals surface area contributed by atoms with Crippen molar-refractivity contribution in [1.29, 1.82) is 0 Å². The highest BCUT2D eigenvalue weighted by Gasteiger charge is 2.33. The van der Waals surface area contributed by atoms with Gasteiger partial charge in [0.05, 0.1) is 12.1 Å². The van der Waals surface area contributed by atoms with Crippen LogP contribution >= 0.6 is 0 Å². The first-order valence-corrected chi connectivity index (χ1v) is 5.52. The summed E-state index contributed by atoms with van der Waals surface area (Å²) in [5, 5.41) is 12.7. The molecule has 1 amide bonds. The highest BCUT2D eigenvalue weighted by atomic mass is 16.5. The first-order chi connectivity index (χ1) is 8.08. The molecule has 92 valence electrons.